The van der Waals surface area contributed by atoms with Gasteiger partial charge in [-0.1, -0.05) is 36.4 Å². The lowest BCUT2D eigenvalue weighted by Crippen LogP contribution is -2.02. The molecule has 2 nitrogen and oxygen atoms in total. The third-order valence-corrected chi connectivity index (χ3v) is 2.90. The molecule has 0 spiro atoms. The van der Waals surface area contributed by atoms with Gasteiger partial charge in [0, 0.05) is 12.5 Å². The largest absolute Gasteiger partial charge is 0.508 e. The van der Waals surface area contributed by atoms with E-state index in [1.54, 1.807) is 18.4 Å². The van der Waals surface area contributed by atoms with Gasteiger partial charge in [0.2, 0.25) is 0 Å². The van der Waals surface area contributed by atoms with Gasteiger partial charge in [0.05, 0.1) is 6.26 Å². The smallest absolute Gasteiger partial charge is 0.133 e. The fourth-order valence-corrected chi connectivity index (χ4v) is 2.00. The van der Waals surface area contributed by atoms with Crippen LogP contribution in [-0.2, 0) is 6.42 Å². The Morgan fingerprint density at radius 3 is 2.65 bits per heavy atom. The molecule has 1 N–H and O–H groups in total. The van der Waals surface area contributed by atoms with E-state index >= 15 is 0 Å². The van der Waals surface area contributed by atoms with Crippen molar-refractivity contribution in [1.82, 2.24) is 0 Å². The van der Waals surface area contributed by atoms with Crippen LogP contribution in [0.2, 0.25) is 0 Å². The van der Waals surface area contributed by atoms with Crippen LogP contribution in [0.1, 0.15) is 11.1 Å². The van der Waals surface area contributed by atoms with Crippen LogP contribution in [-0.4, -0.2) is 5.11 Å². The maximum Gasteiger partial charge on any atom is 0.133 e. The first-order valence-electron chi connectivity index (χ1n) is 5.56. The van der Waals surface area contributed by atoms with E-state index in [9.17, 15) is 5.11 Å². The van der Waals surface area contributed by atoms with Gasteiger partial charge >= 0.3 is 0 Å². The molecule has 0 saturated carbocycles. The molecular formula is C15H12O2. The molecule has 0 fully saturated rings. The van der Waals surface area contributed by atoms with Crippen LogP contribution in [0, 0.1) is 0 Å². The number of ether oxygens (including phenoxy) is 1. The summed E-state index contributed by atoms with van der Waals surface area (Å²) in [4.78, 5) is 0. The van der Waals surface area contributed by atoms with Crippen molar-refractivity contribution in [3.63, 3.8) is 0 Å². The van der Waals surface area contributed by atoms with Crippen LogP contribution in [0.15, 0.2) is 54.8 Å². The van der Waals surface area contributed by atoms with E-state index in [2.05, 4.69) is 12.1 Å². The van der Waals surface area contributed by atoms with E-state index in [1.807, 2.05) is 24.3 Å². The fraction of sp³-hybridized carbons (Fsp3) is 0.0667. The standard InChI is InChI=1S/C15H12O2/c16-14-7-6-12-8-13(10-17-15(12)9-14)11-4-2-1-3-5-11/h1-7,9-10,16H,8H2. The van der Waals surface area contributed by atoms with E-state index in [0.29, 0.717) is 0 Å². The summed E-state index contributed by atoms with van der Waals surface area (Å²) in [5.41, 5.74) is 3.43. The minimum absolute atomic E-state index is 0.236. The molecule has 2 aromatic carbocycles. The molecule has 2 heteroatoms. The van der Waals surface area contributed by atoms with Crippen LogP contribution in [0.5, 0.6) is 11.5 Å². The highest BCUT2D eigenvalue weighted by Gasteiger charge is 2.14. The Balaban J connectivity index is 1.95. The molecule has 84 valence electrons. The molecule has 1 aliphatic heterocycles. The molecule has 3 rings (SSSR count). The SMILES string of the molecule is Oc1ccc2c(c1)OC=C(c1ccccc1)C2. The summed E-state index contributed by atoms with van der Waals surface area (Å²) in [5.74, 6) is 0.977. The van der Waals surface area contributed by atoms with Gasteiger partial charge in [-0.05, 0) is 22.8 Å². The Bertz CT molecular complexity index is 571. The molecule has 0 radical (unpaired) electrons. The average Bonchev–Trinajstić information content (AvgIpc) is 2.39. The summed E-state index contributed by atoms with van der Waals surface area (Å²) >= 11 is 0. The summed E-state index contributed by atoms with van der Waals surface area (Å²) in [6.07, 6.45) is 2.59. The molecule has 0 unspecified atom stereocenters. The lowest BCUT2D eigenvalue weighted by molar-refractivity contribution is 0.447. The Morgan fingerprint density at radius 1 is 1.00 bits per heavy atom. The number of allylic oxidation sites excluding steroid dienone is 1. The van der Waals surface area contributed by atoms with Gasteiger partial charge in [-0.2, -0.15) is 0 Å². The summed E-state index contributed by atoms with van der Waals surface area (Å²) in [5, 5.41) is 9.37. The molecule has 0 aromatic heterocycles. The lowest BCUT2D eigenvalue weighted by Gasteiger charge is -2.17. The van der Waals surface area contributed by atoms with E-state index in [0.717, 1.165) is 23.3 Å². The second kappa shape index (κ2) is 3.98. The first-order chi connectivity index (χ1) is 8.33. The molecular weight excluding hydrogens is 212 g/mol. The molecule has 0 atom stereocenters. The van der Waals surface area contributed by atoms with Gasteiger partial charge in [-0.15, -0.1) is 0 Å². The summed E-state index contributed by atoms with van der Waals surface area (Å²) in [6, 6.07) is 15.4. The van der Waals surface area contributed by atoms with E-state index in [-0.39, 0.29) is 5.75 Å². The quantitative estimate of drug-likeness (QED) is 0.804. The number of phenolic OH excluding ortho intramolecular Hbond substituents is 1. The first-order valence-corrected chi connectivity index (χ1v) is 5.56. The molecule has 0 aliphatic carbocycles. The van der Waals surface area contributed by atoms with Gasteiger partial charge in [0.1, 0.15) is 11.5 Å². The van der Waals surface area contributed by atoms with Gasteiger partial charge in [0.25, 0.3) is 0 Å². The normalized spacial score (nSPS) is 13.5. The number of rotatable bonds is 1. The van der Waals surface area contributed by atoms with Crippen molar-refractivity contribution < 1.29 is 9.84 Å². The highest BCUT2D eigenvalue weighted by atomic mass is 16.5. The minimum Gasteiger partial charge on any atom is -0.508 e. The first kappa shape index (κ1) is 9.97. The van der Waals surface area contributed by atoms with Gasteiger partial charge in [0.15, 0.2) is 0 Å². The second-order valence-corrected chi connectivity index (χ2v) is 4.10. The number of aromatic hydroxyl groups is 1. The van der Waals surface area contributed by atoms with Crippen LogP contribution in [0.3, 0.4) is 0 Å². The zero-order valence-corrected chi connectivity index (χ0v) is 9.26. The Hall–Kier alpha value is -2.22. The molecule has 17 heavy (non-hydrogen) atoms. The second-order valence-electron chi connectivity index (χ2n) is 4.10. The Morgan fingerprint density at radius 2 is 1.82 bits per heavy atom. The summed E-state index contributed by atoms with van der Waals surface area (Å²) in [7, 11) is 0. The van der Waals surface area contributed by atoms with Crippen LogP contribution < -0.4 is 4.74 Å². The van der Waals surface area contributed by atoms with Crippen molar-refractivity contribution in [1.29, 1.82) is 0 Å². The van der Waals surface area contributed by atoms with E-state index in [4.69, 9.17) is 4.74 Å². The Kier molecular flexibility index (Phi) is 2.33. The number of fused-ring (bicyclic) bond motifs is 1. The highest BCUT2D eigenvalue weighted by Crippen LogP contribution is 2.33. The van der Waals surface area contributed by atoms with Gasteiger partial charge in [-0.3, -0.25) is 0 Å². The lowest BCUT2D eigenvalue weighted by atomic mass is 9.97. The predicted octanol–water partition coefficient (Wildman–Crippen LogP) is 3.37. The van der Waals surface area contributed by atoms with Crippen LogP contribution >= 0.6 is 0 Å². The number of hydrogen-bond acceptors (Lipinski definition) is 2. The maximum absolute atomic E-state index is 9.37. The van der Waals surface area contributed by atoms with Crippen LogP contribution in [0.4, 0.5) is 0 Å². The van der Waals surface area contributed by atoms with E-state index in [1.165, 1.54) is 5.56 Å². The van der Waals surface area contributed by atoms with Crippen molar-refractivity contribution in [2.45, 2.75) is 6.42 Å². The molecule has 1 heterocycles. The van der Waals surface area contributed by atoms with Crippen molar-refractivity contribution in [2.24, 2.45) is 0 Å². The molecule has 1 aliphatic rings. The van der Waals surface area contributed by atoms with Crippen molar-refractivity contribution >= 4 is 5.57 Å². The van der Waals surface area contributed by atoms with E-state index < -0.39 is 0 Å². The zero-order chi connectivity index (χ0) is 11.7. The number of phenols is 1. The number of hydrogen-bond donors (Lipinski definition) is 1. The average molecular weight is 224 g/mol. The zero-order valence-electron chi connectivity index (χ0n) is 9.26. The van der Waals surface area contributed by atoms with Gasteiger partial charge in [-0.25, -0.2) is 0 Å². The Labute approximate surface area is 99.8 Å². The predicted molar refractivity (Wildman–Crippen MR) is 66.9 cm³/mol. The molecule has 0 amide bonds. The third-order valence-electron chi connectivity index (χ3n) is 2.90. The van der Waals surface area contributed by atoms with Crippen molar-refractivity contribution in [2.75, 3.05) is 0 Å². The number of benzene rings is 2. The monoisotopic (exact) mass is 224 g/mol. The van der Waals surface area contributed by atoms with Gasteiger partial charge < -0.3 is 9.84 Å². The maximum atomic E-state index is 9.37. The highest BCUT2D eigenvalue weighted by molar-refractivity contribution is 5.70. The minimum atomic E-state index is 0.236. The van der Waals surface area contributed by atoms with Crippen molar-refractivity contribution in [3.8, 4) is 11.5 Å². The molecule has 2 aromatic rings. The third kappa shape index (κ3) is 1.89. The summed E-state index contributed by atoms with van der Waals surface area (Å²) in [6.45, 7) is 0. The van der Waals surface area contributed by atoms with Crippen molar-refractivity contribution in [3.05, 3.63) is 65.9 Å². The molecule has 0 saturated heterocycles. The fourth-order valence-electron chi connectivity index (χ4n) is 2.00. The topological polar surface area (TPSA) is 29.5 Å². The van der Waals surface area contributed by atoms with Crippen LogP contribution in [0.25, 0.3) is 5.57 Å². The summed E-state index contributed by atoms with van der Waals surface area (Å²) < 4.78 is 5.55. The molecule has 0 bridgehead atoms.